The van der Waals surface area contributed by atoms with Gasteiger partial charge in [0.15, 0.2) is 0 Å². The average molecular weight is 211 g/mol. The third-order valence-corrected chi connectivity index (χ3v) is 3.60. The van der Waals surface area contributed by atoms with Gasteiger partial charge < -0.3 is 20.1 Å². The molecule has 1 aliphatic heterocycles. The van der Waals surface area contributed by atoms with Crippen LogP contribution < -0.4 is 10.4 Å². The standard InChI is InChI=1S/C11H20N2O2/c1-11(2,3)13(10(14)15)9-7-4-5-8(9)12-6-7/h7-9,12H,4-6H2,1-3H3,(H,14,15)/p-1. The molecule has 2 aliphatic rings. The number of hydrogen-bond donors (Lipinski definition) is 1. The lowest BCUT2D eigenvalue weighted by molar-refractivity contribution is -0.274. The van der Waals surface area contributed by atoms with Gasteiger partial charge in [-0.1, -0.05) is 0 Å². The summed E-state index contributed by atoms with van der Waals surface area (Å²) in [7, 11) is 0. The molecule has 4 heteroatoms. The molecule has 1 N–H and O–H groups in total. The minimum Gasteiger partial charge on any atom is -0.530 e. The van der Waals surface area contributed by atoms with Crippen LogP contribution in [0, 0.1) is 5.92 Å². The Bertz CT molecular complexity index is 252. The molecule has 1 heterocycles. The molecule has 86 valence electrons. The molecule has 0 spiro atoms. The number of fused-ring (bicyclic) bond motifs is 2. The van der Waals surface area contributed by atoms with Crippen LogP contribution >= 0.6 is 0 Å². The van der Waals surface area contributed by atoms with Crippen molar-refractivity contribution in [3.8, 4) is 0 Å². The Morgan fingerprint density at radius 3 is 2.33 bits per heavy atom. The van der Waals surface area contributed by atoms with Crippen molar-refractivity contribution in [1.29, 1.82) is 0 Å². The van der Waals surface area contributed by atoms with Crippen LogP contribution in [0.5, 0.6) is 0 Å². The molecule has 1 saturated carbocycles. The van der Waals surface area contributed by atoms with Gasteiger partial charge in [0.05, 0.1) is 0 Å². The minimum absolute atomic E-state index is 0.120. The molecular formula is C11H19N2O2-. The SMILES string of the molecule is CC(C)(C)N(C(=O)[O-])C1C2CCC1NC2. The molecule has 2 rings (SSSR count). The normalized spacial score (nSPS) is 34.5. The predicted octanol–water partition coefficient (Wildman–Crippen LogP) is 0.181. The van der Waals surface area contributed by atoms with Crippen LogP contribution in [0.3, 0.4) is 0 Å². The lowest BCUT2D eigenvalue weighted by Crippen LogP contribution is -2.59. The monoisotopic (exact) mass is 211 g/mol. The summed E-state index contributed by atoms with van der Waals surface area (Å²) in [5, 5.41) is 14.6. The van der Waals surface area contributed by atoms with Gasteiger partial charge >= 0.3 is 0 Å². The topological polar surface area (TPSA) is 55.4 Å². The molecule has 0 aromatic heterocycles. The summed E-state index contributed by atoms with van der Waals surface area (Å²) in [5.41, 5.74) is -0.365. The first-order valence-corrected chi connectivity index (χ1v) is 5.65. The molecule has 2 fully saturated rings. The summed E-state index contributed by atoms with van der Waals surface area (Å²) in [5.74, 6) is 0.479. The summed E-state index contributed by atoms with van der Waals surface area (Å²) in [6.07, 6.45) is 1.20. The van der Waals surface area contributed by atoms with E-state index in [-0.39, 0.29) is 11.6 Å². The molecule has 0 radical (unpaired) electrons. The summed E-state index contributed by atoms with van der Waals surface area (Å²) in [4.78, 5) is 12.8. The molecule has 3 atom stereocenters. The second-order valence-corrected chi connectivity index (χ2v) is 5.65. The fraction of sp³-hybridized carbons (Fsp3) is 0.909. The van der Waals surface area contributed by atoms with Crippen LogP contribution in [-0.4, -0.2) is 35.2 Å². The highest BCUT2D eigenvalue weighted by Crippen LogP contribution is 2.37. The number of carbonyl (C=O) groups excluding carboxylic acids is 1. The van der Waals surface area contributed by atoms with Crippen molar-refractivity contribution < 1.29 is 9.90 Å². The Morgan fingerprint density at radius 2 is 2.07 bits per heavy atom. The van der Waals surface area contributed by atoms with Crippen LogP contribution in [-0.2, 0) is 0 Å². The molecule has 0 aromatic rings. The van der Waals surface area contributed by atoms with Crippen molar-refractivity contribution in [1.82, 2.24) is 10.2 Å². The third-order valence-electron chi connectivity index (χ3n) is 3.60. The van der Waals surface area contributed by atoms with Crippen molar-refractivity contribution in [3.63, 3.8) is 0 Å². The van der Waals surface area contributed by atoms with Crippen LogP contribution in [0.2, 0.25) is 0 Å². The van der Waals surface area contributed by atoms with E-state index in [2.05, 4.69) is 5.32 Å². The zero-order valence-corrected chi connectivity index (χ0v) is 9.62. The molecule has 3 unspecified atom stereocenters. The molecule has 1 saturated heterocycles. The third kappa shape index (κ3) is 1.71. The molecule has 2 bridgehead atoms. The number of nitrogens with one attached hydrogen (secondary N) is 1. The quantitative estimate of drug-likeness (QED) is 0.673. The first kappa shape index (κ1) is 10.7. The largest absolute Gasteiger partial charge is 0.530 e. The summed E-state index contributed by atoms with van der Waals surface area (Å²) in [6.45, 7) is 6.75. The Kier molecular flexibility index (Phi) is 2.41. The van der Waals surface area contributed by atoms with Gasteiger partial charge in [-0.25, -0.2) is 0 Å². The van der Waals surface area contributed by atoms with Crippen LogP contribution in [0.4, 0.5) is 4.79 Å². The second-order valence-electron chi connectivity index (χ2n) is 5.65. The molecule has 15 heavy (non-hydrogen) atoms. The lowest BCUT2D eigenvalue weighted by atomic mass is 9.98. The number of piperidine rings is 1. The Labute approximate surface area is 90.6 Å². The predicted molar refractivity (Wildman–Crippen MR) is 55.3 cm³/mol. The van der Waals surface area contributed by atoms with Gasteiger partial charge in [0.2, 0.25) is 0 Å². The summed E-state index contributed by atoms with van der Waals surface area (Å²) in [6, 6.07) is 0.460. The molecular weight excluding hydrogens is 192 g/mol. The highest BCUT2D eigenvalue weighted by molar-refractivity contribution is 5.64. The lowest BCUT2D eigenvalue weighted by Gasteiger charge is -2.44. The van der Waals surface area contributed by atoms with Gasteiger partial charge in [-0.3, -0.25) is 0 Å². The highest BCUT2D eigenvalue weighted by atomic mass is 16.4. The number of carbonyl (C=O) groups is 1. The first-order valence-electron chi connectivity index (χ1n) is 5.65. The molecule has 1 amide bonds. The van der Waals surface area contributed by atoms with Crippen LogP contribution in [0.15, 0.2) is 0 Å². The van der Waals surface area contributed by atoms with Crippen molar-refractivity contribution in [3.05, 3.63) is 0 Å². The van der Waals surface area contributed by atoms with E-state index in [4.69, 9.17) is 0 Å². The zero-order chi connectivity index (χ0) is 11.2. The van der Waals surface area contributed by atoms with E-state index in [1.165, 1.54) is 4.90 Å². The van der Waals surface area contributed by atoms with Gasteiger partial charge in [-0.05, 0) is 39.5 Å². The second kappa shape index (κ2) is 3.37. The van der Waals surface area contributed by atoms with Crippen LogP contribution in [0.1, 0.15) is 33.6 Å². The fourth-order valence-electron chi connectivity index (χ4n) is 3.05. The maximum Gasteiger partial charge on any atom is 0.137 e. The highest BCUT2D eigenvalue weighted by Gasteiger charge is 2.47. The fourth-order valence-corrected chi connectivity index (χ4v) is 3.05. The number of nitrogens with zero attached hydrogens (tertiary/aromatic N) is 1. The van der Waals surface area contributed by atoms with E-state index in [0.29, 0.717) is 12.0 Å². The smallest absolute Gasteiger partial charge is 0.137 e. The maximum absolute atomic E-state index is 11.2. The van der Waals surface area contributed by atoms with Crippen molar-refractivity contribution in [2.75, 3.05) is 6.54 Å². The Balaban J connectivity index is 2.23. The van der Waals surface area contributed by atoms with Crippen molar-refractivity contribution in [2.24, 2.45) is 5.92 Å². The van der Waals surface area contributed by atoms with Gasteiger partial charge in [0.1, 0.15) is 6.09 Å². The van der Waals surface area contributed by atoms with Crippen LogP contribution in [0.25, 0.3) is 0 Å². The number of hydrogen-bond acceptors (Lipinski definition) is 3. The number of rotatable bonds is 1. The average Bonchev–Trinajstić information content (AvgIpc) is 2.62. The van der Waals surface area contributed by atoms with Gasteiger partial charge in [0.25, 0.3) is 0 Å². The van der Waals surface area contributed by atoms with Crippen molar-refractivity contribution in [2.45, 2.75) is 51.2 Å². The van der Waals surface area contributed by atoms with E-state index >= 15 is 0 Å². The van der Waals surface area contributed by atoms with Gasteiger partial charge in [0, 0.05) is 24.2 Å². The summed E-state index contributed by atoms with van der Waals surface area (Å²) < 4.78 is 0. The van der Waals surface area contributed by atoms with Gasteiger partial charge in [-0.15, -0.1) is 0 Å². The molecule has 1 aliphatic carbocycles. The Hall–Kier alpha value is -0.770. The van der Waals surface area contributed by atoms with E-state index in [1.807, 2.05) is 20.8 Å². The first-order chi connectivity index (χ1) is 6.91. The van der Waals surface area contributed by atoms with E-state index < -0.39 is 6.09 Å². The maximum atomic E-state index is 11.2. The molecule has 0 aromatic carbocycles. The Morgan fingerprint density at radius 1 is 1.40 bits per heavy atom. The zero-order valence-electron chi connectivity index (χ0n) is 9.62. The van der Waals surface area contributed by atoms with Gasteiger partial charge in [-0.2, -0.15) is 0 Å². The van der Waals surface area contributed by atoms with E-state index in [9.17, 15) is 9.90 Å². The van der Waals surface area contributed by atoms with E-state index in [1.54, 1.807) is 0 Å². The van der Waals surface area contributed by atoms with Crippen molar-refractivity contribution >= 4 is 6.09 Å². The number of amides is 1. The number of carboxylic acid groups (broad SMARTS) is 1. The molecule has 4 nitrogen and oxygen atoms in total. The summed E-state index contributed by atoms with van der Waals surface area (Å²) >= 11 is 0. The van der Waals surface area contributed by atoms with E-state index in [0.717, 1.165) is 19.4 Å². The minimum atomic E-state index is -1.03.